The summed E-state index contributed by atoms with van der Waals surface area (Å²) in [7, 11) is 0. The number of nitrogens with zero attached hydrogens (tertiary/aromatic N) is 2. The van der Waals surface area contributed by atoms with Crippen molar-refractivity contribution >= 4 is 29.2 Å². The molecule has 92 valence electrons. The maximum absolute atomic E-state index is 13.4. The first-order valence-corrected chi connectivity index (χ1v) is 6.87. The summed E-state index contributed by atoms with van der Waals surface area (Å²) in [5.41, 5.74) is 8.42. The molecule has 3 rings (SSSR count). The van der Waals surface area contributed by atoms with Crippen LogP contribution in [0.1, 0.15) is 11.3 Å². The van der Waals surface area contributed by atoms with Crippen LogP contribution in [0.4, 0.5) is 10.2 Å². The van der Waals surface area contributed by atoms with Crippen LogP contribution in [0.2, 0.25) is 5.02 Å². The predicted octanol–water partition coefficient (Wildman–Crippen LogP) is 3.27. The van der Waals surface area contributed by atoms with Gasteiger partial charge in [0.25, 0.3) is 0 Å². The fraction of sp³-hybridized carbons (Fsp3) is 0.167. The van der Waals surface area contributed by atoms with Gasteiger partial charge >= 0.3 is 0 Å². The quantitative estimate of drug-likeness (QED) is 0.872. The maximum Gasteiger partial charge on any atom is 0.161 e. The summed E-state index contributed by atoms with van der Waals surface area (Å²) in [5, 5.41) is 0.0865. The molecule has 0 amide bonds. The summed E-state index contributed by atoms with van der Waals surface area (Å²) in [6.07, 6.45) is 0. The normalized spacial score (nSPS) is 13.7. The number of anilines is 1. The Labute approximate surface area is 113 Å². The molecule has 0 aliphatic carbocycles. The van der Waals surface area contributed by atoms with Gasteiger partial charge < -0.3 is 5.73 Å². The molecular weight excluding hydrogens is 273 g/mol. The fourth-order valence-corrected chi connectivity index (χ4v) is 3.01. The molecule has 0 radical (unpaired) electrons. The van der Waals surface area contributed by atoms with Crippen molar-refractivity contribution < 1.29 is 4.39 Å². The molecule has 0 fully saturated rings. The highest BCUT2D eigenvalue weighted by molar-refractivity contribution is 7.98. The van der Waals surface area contributed by atoms with E-state index in [4.69, 9.17) is 17.3 Å². The molecule has 0 saturated heterocycles. The van der Waals surface area contributed by atoms with Gasteiger partial charge in [0, 0.05) is 22.6 Å². The van der Waals surface area contributed by atoms with Crippen LogP contribution in [-0.4, -0.2) is 9.97 Å². The zero-order chi connectivity index (χ0) is 12.7. The number of rotatable bonds is 1. The average molecular weight is 282 g/mol. The average Bonchev–Trinajstić information content (AvgIpc) is 2.81. The van der Waals surface area contributed by atoms with Crippen molar-refractivity contribution in [3.05, 3.63) is 40.3 Å². The number of hydrogen-bond donors (Lipinski definition) is 1. The van der Waals surface area contributed by atoms with Crippen molar-refractivity contribution in [3.8, 4) is 11.4 Å². The number of fused-ring (bicyclic) bond motifs is 1. The van der Waals surface area contributed by atoms with Gasteiger partial charge in [0.05, 0.1) is 10.7 Å². The Morgan fingerprint density at radius 1 is 1.28 bits per heavy atom. The second-order valence-electron chi connectivity index (χ2n) is 3.98. The van der Waals surface area contributed by atoms with Crippen molar-refractivity contribution in [2.45, 2.75) is 11.5 Å². The highest BCUT2D eigenvalue weighted by atomic mass is 35.5. The smallest absolute Gasteiger partial charge is 0.161 e. The topological polar surface area (TPSA) is 51.8 Å². The number of nitrogen functional groups attached to an aromatic ring is 1. The minimum atomic E-state index is -0.480. The maximum atomic E-state index is 13.4. The van der Waals surface area contributed by atoms with E-state index in [0.717, 1.165) is 22.8 Å². The van der Waals surface area contributed by atoms with Crippen LogP contribution in [-0.2, 0) is 11.5 Å². The molecular formula is C12H9ClFN3S. The van der Waals surface area contributed by atoms with Crippen molar-refractivity contribution in [3.63, 3.8) is 0 Å². The van der Waals surface area contributed by atoms with Gasteiger partial charge in [-0.05, 0) is 18.2 Å². The third-order valence-corrected chi connectivity index (χ3v) is 4.06. The lowest BCUT2D eigenvalue weighted by Gasteiger charge is -2.06. The predicted molar refractivity (Wildman–Crippen MR) is 71.8 cm³/mol. The second-order valence-corrected chi connectivity index (χ2v) is 5.37. The van der Waals surface area contributed by atoms with Gasteiger partial charge in [0.1, 0.15) is 11.6 Å². The zero-order valence-corrected chi connectivity index (χ0v) is 10.9. The Morgan fingerprint density at radius 3 is 2.89 bits per heavy atom. The second kappa shape index (κ2) is 4.40. The standard InChI is InChI=1S/C12H9ClFN3S/c13-8-2-1-6(3-9(8)14)12-16-10-5-18-4-7(10)11(15)17-12/h1-3H,4-5H2,(H2,15,16,17). The first-order valence-electron chi connectivity index (χ1n) is 5.33. The minimum absolute atomic E-state index is 0.0865. The van der Waals surface area contributed by atoms with Gasteiger partial charge in [-0.3, -0.25) is 0 Å². The Kier molecular flexibility index (Phi) is 2.87. The van der Waals surface area contributed by atoms with E-state index in [1.807, 2.05) is 0 Å². The third-order valence-electron chi connectivity index (χ3n) is 2.79. The molecule has 0 bridgehead atoms. The summed E-state index contributed by atoms with van der Waals surface area (Å²) in [6.45, 7) is 0. The molecule has 1 aliphatic heterocycles. The van der Waals surface area contributed by atoms with E-state index in [1.165, 1.54) is 12.1 Å². The molecule has 6 heteroatoms. The van der Waals surface area contributed by atoms with E-state index >= 15 is 0 Å². The SMILES string of the molecule is Nc1nc(-c2ccc(Cl)c(F)c2)nc2c1CSC2. The Hall–Kier alpha value is -1.33. The molecule has 1 aromatic carbocycles. The molecule has 0 spiro atoms. The highest BCUT2D eigenvalue weighted by Crippen LogP contribution is 2.33. The van der Waals surface area contributed by atoms with Gasteiger partial charge in [-0.2, -0.15) is 11.8 Å². The van der Waals surface area contributed by atoms with Gasteiger partial charge in [-0.1, -0.05) is 11.6 Å². The molecule has 0 unspecified atom stereocenters. The van der Waals surface area contributed by atoms with Crippen LogP contribution in [0.5, 0.6) is 0 Å². The van der Waals surface area contributed by atoms with Crippen LogP contribution in [0, 0.1) is 5.82 Å². The molecule has 1 aliphatic rings. The molecule has 2 aromatic rings. The van der Waals surface area contributed by atoms with E-state index in [1.54, 1.807) is 17.8 Å². The van der Waals surface area contributed by atoms with Crippen molar-refractivity contribution in [1.82, 2.24) is 9.97 Å². The van der Waals surface area contributed by atoms with Crippen LogP contribution < -0.4 is 5.73 Å². The number of thioether (sulfide) groups is 1. The fourth-order valence-electron chi connectivity index (χ4n) is 1.84. The van der Waals surface area contributed by atoms with E-state index in [-0.39, 0.29) is 5.02 Å². The number of halogens is 2. The van der Waals surface area contributed by atoms with E-state index in [9.17, 15) is 4.39 Å². The first kappa shape index (κ1) is 11.7. The number of benzene rings is 1. The molecule has 3 nitrogen and oxygen atoms in total. The van der Waals surface area contributed by atoms with Gasteiger partial charge in [-0.25, -0.2) is 14.4 Å². The number of hydrogen-bond acceptors (Lipinski definition) is 4. The molecule has 1 aromatic heterocycles. The van der Waals surface area contributed by atoms with Gasteiger partial charge in [0.2, 0.25) is 0 Å². The lowest BCUT2D eigenvalue weighted by Crippen LogP contribution is -2.02. The highest BCUT2D eigenvalue weighted by Gasteiger charge is 2.19. The summed E-state index contributed by atoms with van der Waals surface area (Å²) in [4.78, 5) is 8.66. The molecule has 0 atom stereocenters. The monoisotopic (exact) mass is 281 g/mol. The largest absolute Gasteiger partial charge is 0.383 e. The lowest BCUT2D eigenvalue weighted by atomic mass is 10.2. The zero-order valence-electron chi connectivity index (χ0n) is 9.28. The first-order chi connectivity index (χ1) is 8.65. The van der Waals surface area contributed by atoms with Crippen molar-refractivity contribution in [2.75, 3.05) is 5.73 Å². The van der Waals surface area contributed by atoms with Crippen LogP contribution in [0.25, 0.3) is 11.4 Å². The molecule has 0 saturated carbocycles. The summed E-state index contributed by atoms with van der Waals surface area (Å²) < 4.78 is 13.4. The Bertz CT molecular complexity index is 633. The van der Waals surface area contributed by atoms with Gasteiger partial charge in [0.15, 0.2) is 5.82 Å². The third kappa shape index (κ3) is 1.93. The minimum Gasteiger partial charge on any atom is -0.383 e. The lowest BCUT2D eigenvalue weighted by molar-refractivity contribution is 0.628. The van der Waals surface area contributed by atoms with E-state index in [2.05, 4.69) is 9.97 Å². The van der Waals surface area contributed by atoms with Crippen LogP contribution >= 0.6 is 23.4 Å². The summed E-state index contributed by atoms with van der Waals surface area (Å²) in [6, 6.07) is 4.51. The Morgan fingerprint density at radius 2 is 2.11 bits per heavy atom. The van der Waals surface area contributed by atoms with Crippen molar-refractivity contribution in [2.24, 2.45) is 0 Å². The molecule has 18 heavy (non-hydrogen) atoms. The molecule has 2 N–H and O–H groups in total. The Balaban J connectivity index is 2.12. The van der Waals surface area contributed by atoms with Crippen LogP contribution in [0.15, 0.2) is 18.2 Å². The molecule has 2 heterocycles. The van der Waals surface area contributed by atoms with E-state index in [0.29, 0.717) is 17.2 Å². The van der Waals surface area contributed by atoms with E-state index < -0.39 is 5.82 Å². The number of nitrogens with two attached hydrogens (primary N) is 1. The van der Waals surface area contributed by atoms with Crippen LogP contribution in [0.3, 0.4) is 0 Å². The summed E-state index contributed by atoms with van der Waals surface area (Å²) in [5.74, 6) is 2.12. The summed E-state index contributed by atoms with van der Waals surface area (Å²) >= 11 is 7.40. The van der Waals surface area contributed by atoms with Gasteiger partial charge in [-0.15, -0.1) is 0 Å². The van der Waals surface area contributed by atoms with Crippen molar-refractivity contribution in [1.29, 1.82) is 0 Å². The number of aromatic nitrogens is 2.